The molecule has 1 unspecified atom stereocenters. The van der Waals surface area contributed by atoms with Gasteiger partial charge in [0.05, 0.1) is 19.3 Å². The van der Waals surface area contributed by atoms with Crippen LogP contribution in [0.4, 0.5) is 0 Å². The van der Waals surface area contributed by atoms with E-state index in [1.807, 2.05) is 4.90 Å². The molecular formula is C20H35N5O4. The highest BCUT2D eigenvalue weighted by molar-refractivity contribution is 5.85. The number of piperidine rings is 1. The number of likely N-dealkylation sites (N-methyl/N-ethyl adjacent to an activating group) is 1. The lowest BCUT2D eigenvalue weighted by Crippen LogP contribution is -2.51. The molecule has 0 bridgehead atoms. The second-order valence-corrected chi connectivity index (χ2v) is 8.14. The molecule has 3 saturated heterocycles. The summed E-state index contributed by atoms with van der Waals surface area (Å²) < 4.78 is 11.0. The van der Waals surface area contributed by atoms with Gasteiger partial charge in [0, 0.05) is 59.3 Å². The molecule has 0 spiro atoms. The number of rotatable bonds is 5. The monoisotopic (exact) mass is 409 g/mol. The molecular weight excluding hydrogens is 374 g/mol. The summed E-state index contributed by atoms with van der Waals surface area (Å²) in [5, 5.41) is 3.40. The van der Waals surface area contributed by atoms with E-state index in [1.54, 1.807) is 19.0 Å². The third-order valence-corrected chi connectivity index (χ3v) is 5.84. The Labute approximate surface area is 173 Å². The molecule has 1 N–H and O–H groups in total. The molecule has 0 aromatic heterocycles. The van der Waals surface area contributed by atoms with Gasteiger partial charge in [0.25, 0.3) is 0 Å². The number of nitrogens with zero attached hydrogens (tertiary/aromatic N) is 4. The number of aliphatic imine (C=N–C) groups is 1. The summed E-state index contributed by atoms with van der Waals surface area (Å²) in [6, 6.07) is 0. The lowest BCUT2D eigenvalue weighted by Gasteiger charge is -2.37. The number of ether oxygens (including phenoxy) is 2. The molecule has 3 rings (SSSR count). The van der Waals surface area contributed by atoms with Crippen molar-refractivity contribution in [3.8, 4) is 0 Å². The molecule has 29 heavy (non-hydrogen) atoms. The van der Waals surface area contributed by atoms with Crippen LogP contribution in [0.5, 0.6) is 0 Å². The smallest absolute Gasteiger partial charge is 0.243 e. The average Bonchev–Trinajstić information content (AvgIpc) is 3.27. The molecule has 9 heteroatoms. The van der Waals surface area contributed by atoms with Crippen LogP contribution < -0.4 is 5.32 Å². The highest BCUT2D eigenvalue weighted by Crippen LogP contribution is 2.21. The van der Waals surface area contributed by atoms with Crippen LogP contribution in [-0.4, -0.2) is 112 Å². The van der Waals surface area contributed by atoms with Gasteiger partial charge in [-0.15, -0.1) is 0 Å². The van der Waals surface area contributed by atoms with Crippen LogP contribution in [-0.2, 0) is 19.1 Å². The molecule has 3 aliphatic heterocycles. The molecule has 0 aromatic carbocycles. The largest absolute Gasteiger partial charge is 0.378 e. The molecule has 164 valence electrons. The van der Waals surface area contributed by atoms with Crippen molar-refractivity contribution in [2.45, 2.75) is 31.8 Å². The minimum atomic E-state index is -0.0289. The van der Waals surface area contributed by atoms with E-state index < -0.39 is 0 Å². The quantitative estimate of drug-likeness (QED) is 0.499. The molecule has 2 amide bonds. The normalized spacial score (nSPS) is 23.9. The zero-order chi connectivity index (χ0) is 20.6. The zero-order valence-electron chi connectivity index (χ0n) is 17.8. The summed E-state index contributed by atoms with van der Waals surface area (Å²) in [4.78, 5) is 35.0. The van der Waals surface area contributed by atoms with Gasteiger partial charge in [-0.2, -0.15) is 0 Å². The maximum absolute atomic E-state index is 12.8. The maximum atomic E-state index is 12.8. The fourth-order valence-electron chi connectivity index (χ4n) is 3.94. The molecule has 9 nitrogen and oxygen atoms in total. The van der Waals surface area contributed by atoms with E-state index in [0.29, 0.717) is 32.8 Å². The summed E-state index contributed by atoms with van der Waals surface area (Å²) in [5.41, 5.74) is 0. The Morgan fingerprint density at radius 2 is 1.76 bits per heavy atom. The molecule has 3 aliphatic rings. The van der Waals surface area contributed by atoms with Crippen LogP contribution in [0.25, 0.3) is 0 Å². The Morgan fingerprint density at radius 1 is 1.03 bits per heavy atom. The van der Waals surface area contributed by atoms with E-state index in [2.05, 4.69) is 15.2 Å². The van der Waals surface area contributed by atoms with E-state index in [0.717, 1.165) is 51.3 Å². The van der Waals surface area contributed by atoms with Crippen molar-refractivity contribution in [1.82, 2.24) is 20.0 Å². The lowest BCUT2D eigenvalue weighted by molar-refractivity contribution is -0.140. The van der Waals surface area contributed by atoms with Crippen LogP contribution in [0.1, 0.15) is 25.7 Å². The van der Waals surface area contributed by atoms with Crippen LogP contribution in [0, 0.1) is 5.92 Å². The topological polar surface area (TPSA) is 86.7 Å². The molecule has 0 aromatic rings. The van der Waals surface area contributed by atoms with E-state index in [-0.39, 0.29) is 30.4 Å². The standard InChI is InChI=1S/C20H35N5O4/c1-23(2)18(26)15-22-20(21-14-17-4-3-11-29-17)25-7-5-16(6-8-25)19(27)24-9-12-28-13-10-24/h16-17H,3-15H2,1-2H3,(H,21,22). The number of nitrogens with one attached hydrogen (secondary N) is 1. The van der Waals surface area contributed by atoms with E-state index in [4.69, 9.17) is 9.47 Å². The minimum Gasteiger partial charge on any atom is -0.378 e. The SMILES string of the molecule is CN(C)C(=O)CN=C(NCC1CCCO1)N1CCC(C(=O)N2CCOCC2)CC1. The summed E-state index contributed by atoms with van der Waals surface area (Å²) in [7, 11) is 3.47. The van der Waals surface area contributed by atoms with Gasteiger partial charge in [-0.3, -0.25) is 9.59 Å². The first kappa shape index (κ1) is 21.8. The Balaban J connectivity index is 1.54. The van der Waals surface area contributed by atoms with Gasteiger partial charge in [0.15, 0.2) is 5.96 Å². The molecule has 3 heterocycles. The predicted octanol–water partition coefficient (Wildman–Crippen LogP) is -0.230. The van der Waals surface area contributed by atoms with Crippen LogP contribution in [0.3, 0.4) is 0 Å². The highest BCUT2D eigenvalue weighted by atomic mass is 16.5. The maximum Gasteiger partial charge on any atom is 0.243 e. The number of hydrogen-bond donors (Lipinski definition) is 1. The van der Waals surface area contributed by atoms with Crippen molar-refractivity contribution in [2.75, 3.05) is 73.2 Å². The fourth-order valence-corrected chi connectivity index (χ4v) is 3.94. The predicted molar refractivity (Wildman–Crippen MR) is 110 cm³/mol. The van der Waals surface area contributed by atoms with Crippen molar-refractivity contribution in [3.63, 3.8) is 0 Å². The summed E-state index contributed by atoms with van der Waals surface area (Å²) in [6.07, 6.45) is 3.95. The van der Waals surface area contributed by atoms with Crippen LogP contribution in [0.15, 0.2) is 4.99 Å². The lowest BCUT2D eigenvalue weighted by atomic mass is 9.95. The van der Waals surface area contributed by atoms with Crippen molar-refractivity contribution in [3.05, 3.63) is 0 Å². The molecule has 3 fully saturated rings. The van der Waals surface area contributed by atoms with Crippen molar-refractivity contribution in [2.24, 2.45) is 10.9 Å². The van der Waals surface area contributed by atoms with E-state index in [9.17, 15) is 9.59 Å². The second-order valence-electron chi connectivity index (χ2n) is 8.14. The first-order chi connectivity index (χ1) is 14.0. The Bertz CT molecular complexity index is 577. The number of amides is 2. The van der Waals surface area contributed by atoms with Crippen LogP contribution in [0.2, 0.25) is 0 Å². The van der Waals surface area contributed by atoms with Gasteiger partial charge in [-0.1, -0.05) is 0 Å². The van der Waals surface area contributed by atoms with Gasteiger partial charge >= 0.3 is 0 Å². The number of hydrogen-bond acceptors (Lipinski definition) is 5. The Hall–Kier alpha value is -1.87. The minimum absolute atomic E-state index is 0.0289. The van der Waals surface area contributed by atoms with Gasteiger partial charge in [-0.25, -0.2) is 4.99 Å². The second kappa shape index (κ2) is 10.8. The number of carbonyl (C=O) groups excluding carboxylic acids is 2. The number of carbonyl (C=O) groups is 2. The van der Waals surface area contributed by atoms with Gasteiger partial charge < -0.3 is 29.5 Å². The number of likely N-dealkylation sites (tertiary alicyclic amines) is 1. The van der Waals surface area contributed by atoms with E-state index >= 15 is 0 Å². The summed E-state index contributed by atoms with van der Waals surface area (Å²) >= 11 is 0. The molecule has 0 radical (unpaired) electrons. The Kier molecular flexibility index (Phi) is 8.11. The number of morpholine rings is 1. The first-order valence-electron chi connectivity index (χ1n) is 10.8. The Morgan fingerprint density at radius 3 is 2.38 bits per heavy atom. The third kappa shape index (κ3) is 6.30. The van der Waals surface area contributed by atoms with E-state index in [1.165, 1.54) is 0 Å². The fraction of sp³-hybridized carbons (Fsp3) is 0.850. The molecule has 0 aliphatic carbocycles. The van der Waals surface area contributed by atoms with Gasteiger partial charge in [-0.05, 0) is 25.7 Å². The molecule has 1 atom stereocenters. The van der Waals surface area contributed by atoms with Crippen molar-refractivity contribution < 1.29 is 19.1 Å². The zero-order valence-corrected chi connectivity index (χ0v) is 17.8. The third-order valence-electron chi connectivity index (χ3n) is 5.84. The average molecular weight is 410 g/mol. The van der Waals surface area contributed by atoms with Crippen LogP contribution >= 0.6 is 0 Å². The van der Waals surface area contributed by atoms with Gasteiger partial charge in [0.2, 0.25) is 11.8 Å². The summed E-state index contributed by atoms with van der Waals surface area (Å²) in [5.74, 6) is 1.03. The summed E-state index contributed by atoms with van der Waals surface area (Å²) in [6.45, 7) is 5.80. The number of guanidine groups is 1. The van der Waals surface area contributed by atoms with Crippen molar-refractivity contribution >= 4 is 17.8 Å². The van der Waals surface area contributed by atoms with Crippen molar-refractivity contribution in [1.29, 1.82) is 0 Å². The first-order valence-corrected chi connectivity index (χ1v) is 10.8. The van der Waals surface area contributed by atoms with Gasteiger partial charge in [0.1, 0.15) is 6.54 Å². The highest BCUT2D eigenvalue weighted by Gasteiger charge is 2.30. The molecule has 0 saturated carbocycles.